The quantitative estimate of drug-likeness (QED) is 0.471. The lowest BCUT2D eigenvalue weighted by atomic mass is 10.0. The molecule has 2 heterocycles. The maximum Gasteiger partial charge on any atom is 0.328 e. The number of aromatic hydroxyl groups is 1. The molecule has 1 unspecified atom stereocenters. The normalized spacial score (nSPS) is 12.3. The predicted octanol–water partition coefficient (Wildman–Crippen LogP) is 1.98. The summed E-state index contributed by atoms with van der Waals surface area (Å²) in [6, 6.07) is 2.00. The molecule has 3 rings (SSSR count). The molecule has 4 N–H and O–H groups in total. The second kappa shape index (κ2) is 6.11. The van der Waals surface area contributed by atoms with Gasteiger partial charge in [-0.15, -0.1) is 0 Å². The second-order valence-corrected chi connectivity index (χ2v) is 5.41. The summed E-state index contributed by atoms with van der Waals surface area (Å²) in [4.78, 5) is 26.6. The van der Waals surface area contributed by atoms with Crippen molar-refractivity contribution in [3.05, 3.63) is 40.9 Å². The lowest BCUT2D eigenvalue weighted by molar-refractivity contribution is -0.137. The van der Waals surface area contributed by atoms with Crippen LogP contribution >= 0.6 is 11.6 Å². The molecule has 8 nitrogen and oxygen atoms in total. The van der Waals surface area contributed by atoms with Crippen molar-refractivity contribution >= 4 is 34.3 Å². The first kappa shape index (κ1) is 16.8. The molecular weight excluding hydrogens is 357 g/mol. The Labute approximate surface area is 143 Å². The Morgan fingerprint density at radius 1 is 1.36 bits per heavy atom. The molecule has 0 fully saturated rings. The van der Waals surface area contributed by atoms with E-state index in [-0.39, 0.29) is 27.2 Å². The number of rotatable bonds is 4. The van der Waals surface area contributed by atoms with Gasteiger partial charge in [-0.1, -0.05) is 22.8 Å². The van der Waals surface area contributed by atoms with Crippen LogP contribution in [-0.2, 0) is 4.79 Å². The van der Waals surface area contributed by atoms with Crippen molar-refractivity contribution in [3.8, 4) is 17.0 Å². The number of ketones is 1. The topological polar surface area (TPSA) is 140 Å². The van der Waals surface area contributed by atoms with Gasteiger partial charge in [-0.3, -0.25) is 9.59 Å². The summed E-state index contributed by atoms with van der Waals surface area (Å²) in [5.41, 5.74) is 4.31. The van der Waals surface area contributed by atoms with Crippen molar-refractivity contribution in [2.75, 3.05) is 0 Å². The van der Waals surface area contributed by atoms with Crippen LogP contribution in [0.5, 0.6) is 5.75 Å². The molecule has 0 aliphatic carbocycles. The molecule has 3 aromatic rings. The van der Waals surface area contributed by atoms with E-state index >= 15 is 0 Å². The number of fused-ring (bicyclic) bond motifs is 1. The number of hydrogen-bond donors (Lipinski definition) is 3. The van der Waals surface area contributed by atoms with Crippen LogP contribution in [0.15, 0.2) is 28.9 Å². The Morgan fingerprint density at radius 3 is 2.72 bits per heavy atom. The fraction of sp³-hybridized carbons (Fsp3) is 0.0667. The van der Waals surface area contributed by atoms with E-state index in [4.69, 9.17) is 27.0 Å². The summed E-state index contributed by atoms with van der Waals surface area (Å²) >= 11 is 5.98. The minimum absolute atomic E-state index is 0.00141. The van der Waals surface area contributed by atoms with Gasteiger partial charge in [0.15, 0.2) is 23.1 Å². The van der Waals surface area contributed by atoms with Crippen LogP contribution in [0.1, 0.15) is 10.5 Å². The molecule has 0 aliphatic rings. The molecule has 0 radical (unpaired) electrons. The zero-order valence-corrected chi connectivity index (χ0v) is 13.0. The van der Waals surface area contributed by atoms with Crippen LogP contribution in [0.25, 0.3) is 22.2 Å². The van der Waals surface area contributed by atoms with Crippen molar-refractivity contribution in [2.24, 2.45) is 5.73 Å². The number of Topliss-reactive ketones (excluding diaryl/α,β-unsaturated/α-hetero) is 1. The second-order valence-electron chi connectivity index (χ2n) is 5.00. The standard InChI is InChI=1S/C15H9ClFN3O5/c16-5-2-1-3-6(17)8(5)11-9-7(25-20-11)4-19-12(13(9)21)14(22)10(18)15(23)24/h1-4,10,21H,18H2,(H,23,24). The number of aromatic nitrogens is 2. The van der Waals surface area contributed by atoms with Gasteiger partial charge in [0, 0.05) is 0 Å². The van der Waals surface area contributed by atoms with Crippen molar-refractivity contribution in [1.82, 2.24) is 10.1 Å². The minimum Gasteiger partial charge on any atom is -0.505 e. The van der Waals surface area contributed by atoms with Crippen LogP contribution in [0.2, 0.25) is 5.02 Å². The van der Waals surface area contributed by atoms with Gasteiger partial charge in [-0.2, -0.15) is 0 Å². The van der Waals surface area contributed by atoms with Crippen molar-refractivity contribution in [3.63, 3.8) is 0 Å². The molecule has 2 aromatic heterocycles. The molecule has 0 saturated carbocycles. The fourth-order valence-corrected chi connectivity index (χ4v) is 2.51. The van der Waals surface area contributed by atoms with Crippen molar-refractivity contribution in [1.29, 1.82) is 0 Å². The zero-order chi connectivity index (χ0) is 18.3. The van der Waals surface area contributed by atoms with E-state index in [0.29, 0.717) is 0 Å². The van der Waals surface area contributed by atoms with Crippen molar-refractivity contribution in [2.45, 2.75) is 6.04 Å². The smallest absolute Gasteiger partial charge is 0.328 e. The summed E-state index contributed by atoms with van der Waals surface area (Å²) < 4.78 is 19.1. The number of pyridine rings is 1. The molecule has 1 aromatic carbocycles. The zero-order valence-electron chi connectivity index (χ0n) is 12.2. The number of halogens is 2. The first-order chi connectivity index (χ1) is 11.8. The number of carboxylic acid groups (broad SMARTS) is 1. The number of carbonyl (C=O) groups excluding carboxylic acids is 1. The third-order valence-corrected chi connectivity index (χ3v) is 3.79. The van der Waals surface area contributed by atoms with Gasteiger partial charge < -0.3 is 20.5 Å². The Balaban J connectivity index is 2.26. The number of carbonyl (C=O) groups is 2. The van der Waals surface area contributed by atoms with E-state index in [0.717, 1.165) is 12.3 Å². The molecule has 0 aliphatic heterocycles. The highest BCUT2D eigenvalue weighted by Crippen LogP contribution is 2.39. The van der Waals surface area contributed by atoms with Gasteiger partial charge in [0.2, 0.25) is 5.78 Å². The summed E-state index contributed by atoms with van der Waals surface area (Å²) in [7, 11) is 0. The van der Waals surface area contributed by atoms with Gasteiger partial charge in [-0.05, 0) is 12.1 Å². The largest absolute Gasteiger partial charge is 0.505 e. The summed E-state index contributed by atoms with van der Waals surface area (Å²) in [6.45, 7) is 0. The van der Waals surface area contributed by atoms with Crippen molar-refractivity contribution < 1.29 is 28.7 Å². The molecule has 1 atom stereocenters. The Kier molecular flexibility index (Phi) is 4.11. The molecular formula is C15H9ClFN3O5. The number of carboxylic acids is 1. The Bertz CT molecular complexity index is 1000. The van der Waals surface area contributed by atoms with Gasteiger partial charge in [0.25, 0.3) is 0 Å². The van der Waals surface area contributed by atoms with E-state index in [1.165, 1.54) is 12.1 Å². The van der Waals surface area contributed by atoms with E-state index < -0.39 is 35.1 Å². The molecule has 0 amide bonds. The van der Waals surface area contributed by atoms with Crippen LogP contribution in [0.3, 0.4) is 0 Å². The van der Waals surface area contributed by atoms with E-state index in [9.17, 15) is 19.1 Å². The minimum atomic E-state index is -1.92. The first-order valence-electron chi connectivity index (χ1n) is 6.77. The molecule has 0 saturated heterocycles. The summed E-state index contributed by atoms with van der Waals surface area (Å²) in [5, 5.41) is 22.7. The average Bonchev–Trinajstić information content (AvgIpc) is 2.98. The van der Waals surface area contributed by atoms with Crippen LogP contribution in [-0.4, -0.2) is 38.1 Å². The summed E-state index contributed by atoms with van der Waals surface area (Å²) in [6.07, 6.45) is 1.04. The van der Waals surface area contributed by atoms with Gasteiger partial charge >= 0.3 is 5.97 Å². The monoisotopic (exact) mass is 365 g/mol. The van der Waals surface area contributed by atoms with Gasteiger partial charge in [0.1, 0.15) is 11.5 Å². The third kappa shape index (κ3) is 2.69. The predicted molar refractivity (Wildman–Crippen MR) is 83.8 cm³/mol. The number of hydrogen-bond acceptors (Lipinski definition) is 7. The fourth-order valence-electron chi connectivity index (χ4n) is 2.26. The van der Waals surface area contributed by atoms with Gasteiger partial charge in [-0.25, -0.2) is 9.37 Å². The Hall–Kier alpha value is -3.04. The highest BCUT2D eigenvalue weighted by atomic mass is 35.5. The maximum atomic E-state index is 14.1. The van der Waals surface area contributed by atoms with Crippen LogP contribution in [0, 0.1) is 5.82 Å². The molecule has 25 heavy (non-hydrogen) atoms. The first-order valence-corrected chi connectivity index (χ1v) is 7.15. The number of benzene rings is 1. The number of nitrogens with zero attached hydrogens (tertiary/aromatic N) is 2. The van der Waals surface area contributed by atoms with E-state index in [1.807, 2.05) is 0 Å². The van der Waals surface area contributed by atoms with Crippen LogP contribution < -0.4 is 5.73 Å². The van der Waals surface area contributed by atoms with Gasteiger partial charge in [0.05, 0.1) is 22.2 Å². The summed E-state index contributed by atoms with van der Waals surface area (Å²) in [5.74, 6) is -4.17. The highest BCUT2D eigenvalue weighted by molar-refractivity contribution is 6.33. The SMILES string of the molecule is NC(C(=O)O)C(=O)c1ncc2onc(-c3c(F)cccc3Cl)c2c1O. The van der Waals surface area contributed by atoms with E-state index in [2.05, 4.69) is 10.1 Å². The number of aliphatic carboxylic acids is 1. The maximum absolute atomic E-state index is 14.1. The lowest BCUT2D eigenvalue weighted by Crippen LogP contribution is -2.38. The average molecular weight is 366 g/mol. The molecule has 10 heteroatoms. The van der Waals surface area contributed by atoms with E-state index in [1.54, 1.807) is 0 Å². The Morgan fingerprint density at radius 2 is 2.08 bits per heavy atom. The third-order valence-electron chi connectivity index (χ3n) is 3.47. The number of nitrogens with two attached hydrogens (primary N) is 1. The highest BCUT2D eigenvalue weighted by Gasteiger charge is 2.30. The molecule has 0 spiro atoms. The molecule has 128 valence electrons. The lowest BCUT2D eigenvalue weighted by Gasteiger charge is -2.08. The van der Waals surface area contributed by atoms with Crippen LogP contribution in [0.4, 0.5) is 4.39 Å². The molecule has 0 bridgehead atoms.